The molecule has 0 radical (unpaired) electrons. The number of nitrogens with one attached hydrogen (secondary N) is 2. The Labute approximate surface area is 111 Å². The van der Waals surface area contributed by atoms with Crippen molar-refractivity contribution in [1.29, 1.82) is 0 Å². The number of likely N-dealkylation sites (N-methyl/N-ethyl adjacent to an activating group) is 1. The van der Waals surface area contributed by atoms with Gasteiger partial charge in [0.15, 0.2) is 0 Å². The minimum Gasteiger partial charge on any atom is -0.477 e. The molecular formula is C10H16N4O4S. The Hall–Kier alpha value is -1.42. The summed E-state index contributed by atoms with van der Waals surface area (Å²) in [5, 5.41) is 10.4. The number of carboxylic acids is 1. The molecule has 0 unspecified atom stereocenters. The van der Waals surface area contributed by atoms with E-state index in [4.69, 9.17) is 5.11 Å². The van der Waals surface area contributed by atoms with Gasteiger partial charge in [-0.2, -0.15) is 0 Å². The number of hydrogen-bond donors (Lipinski definition) is 3. The van der Waals surface area contributed by atoms with Gasteiger partial charge in [-0.3, -0.25) is 0 Å². The molecule has 1 aliphatic rings. The lowest BCUT2D eigenvalue weighted by atomic mass is 10.4. The predicted molar refractivity (Wildman–Crippen MR) is 67.1 cm³/mol. The molecule has 1 saturated heterocycles. The maximum atomic E-state index is 12.0. The maximum Gasteiger partial charge on any atom is 0.352 e. The first kappa shape index (κ1) is 14.0. The number of sulfonamides is 1. The third-order valence-electron chi connectivity index (χ3n) is 2.95. The lowest BCUT2D eigenvalue weighted by Crippen LogP contribution is -2.52. The standard InChI is InChI=1S/C10H16N4O4S/c1-13-2-4-14(5-3-13)12-19(17,18)8-6-9(10(15)16)11-7-8/h6-7,11-12H,2-5H2,1H3,(H,15,16). The second-order valence-corrected chi connectivity index (χ2v) is 6.10. The van der Waals surface area contributed by atoms with E-state index in [1.807, 2.05) is 7.05 Å². The number of piperazine rings is 1. The molecule has 0 aliphatic carbocycles. The normalized spacial score (nSPS) is 18.6. The Bertz CT molecular complexity index is 560. The first-order chi connectivity index (χ1) is 8.88. The smallest absolute Gasteiger partial charge is 0.352 e. The zero-order valence-electron chi connectivity index (χ0n) is 10.5. The number of hydrogen-bond acceptors (Lipinski definition) is 5. The maximum absolute atomic E-state index is 12.0. The van der Waals surface area contributed by atoms with E-state index >= 15 is 0 Å². The largest absolute Gasteiger partial charge is 0.477 e. The highest BCUT2D eigenvalue weighted by molar-refractivity contribution is 7.89. The van der Waals surface area contributed by atoms with Gasteiger partial charge < -0.3 is 15.0 Å². The number of H-pyrrole nitrogens is 1. The van der Waals surface area contributed by atoms with Crippen LogP contribution in [0.4, 0.5) is 0 Å². The number of hydrazine groups is 1. The van der Waals surface area contributed by atoms with E-state index in [1.54, 1.807) is 5.01 Å². The lowest BCUT2D eigenvalue weighted by molar-refractivity contribution is 0.0691. The molecule has 0 amide bonds. The Balaban J connectivity index is 2.07. The first-order valence-electron chi connectivity index (χ1n) is 5.76. The van der Waals surface area contributed by atoms with Crippen molar-refractivity contribution in [2.24, 2.45) is 0 Å². The summed E-state index contributed by atoms with van der Waals surface area (Å²) in [6, 6.07) is 1.10. The zero-order valence-corrected chi connectivity index (χ0v) is 11.3. The Kier molecular flexibility index (Phi) is 3.90. The molecule has 106 valence electrons. The summed E-state index contributed by atoms with van der Waals surface area (Å²) < 4.78 is 24.1. The van der Waals surface area contributed by atoms with Crippen LogP contribution in [0.2, 0.25) is 0 Å². The monoisotopic (exact) mass is 288 g/mol. The van der Waals surface area contributed by atoms with Gasteiger partial charge in [-0.15, -0.1) is 4.83 Å². The van der Waals surface area contributed by atoms with Crippen LogP contribution >= 0.6 is 0 Å². The number of carbonyl (C=O) groups is 1. The van der Waals surface area contributed by atoms with Crippen LogP contribution in [0.1, 0.15) is 10.5 Å². The van der Waals surface area contributed by atoms with Gasteiger partial charge in [-0.1, -0.05) is 0 Å². The molecule has 19 heavy (non-hydrogen) atoms. The van der Waals surface area contributed by atoms with E-state index in [0.717, 1.165) is 19.2 Å². The molecule has 1 aromatic heterocycles. The molecule has 2 rings (SSSR count). The van der Waals surface area contributed by atoms with Crippen LogP contribution in [-0.2, 0) is 10.0 Å². The van der Waals surface area contributed by atoms with Crippen LogP contribution in [0.3, 0.4) is 0 Å². The summed E-state index contributed by atoms with van der Waals surface area (Å²) in [5.74, 6) is -1.19. The third kappa shape index (κ3) is 3.32. The third-order valence-corrected chi connectivity index (χ3v) is 4.30. The van der Waals surface area contributed by atoms with Crippen LogP contribution in [0.15, 0.2) is 17.2 Å². The molecule has 0 atom stereocenters. The second kappa shape index (κ2) is 5.29. The molecule has 8 nitrogen and oxygen atoms in total. The minimum atomic E-state index is -3.73. The molecule has 3 N–H and O–H groups in total. The number of aromatic amines is 1. The van der Waals surface area contributed by atoms with Gasteiger partial charge in [-0.25, -0.2) is 18.2 Å². The molecular weight excluding hydrogens is 272 g/mol. The highest BCUT2D eigenvalue weighted by Gasteiger charge is 2.23. The quantitative estimate of drug-likeness (QED) is 0.666. The van der Waals surface area contributed by atoms with Gasteiger partial charge in [0.25, 0.3) is 10.0 Å². The van der Waals surface area contributed by atoms with Crippen LogP contribution in [0.25, 0.3) is 0 Å². The van der Waals surface area contributed by atoms with Gasteiger partial charge in [0, 0.05) is 32.4 Å². The molecule has 0 bridgehead atoms. The fourth-order valence-corrected chi connectivity index (χ4v) is 2.89. The SMILES string of the molecule is CN1CCN(NS(=O)(=O)c2c[nH]c(C(=O)O)c2)CC1. The summed E-state index contributed by atoms with van der Waals surface area (Å²) in [5.41, 5.74) is -0.154. The molecule has 1 aliphatic heterocycles. The highest BCUT2D eigenvalue weighted by atomic mass is 32.2. The minimum absolute atomic E-state index is 0.0798. The molecule has 0 spiro atoms. The lowest BCUT2D eigenvalue weighted by Gasteiger charge is -2.31. The average molecular weight is 288 g/mol. The fourth-order valence-electron chi connectivity index (χ4n) is 1.77. The van der Waals surface area contributed by atoms with E-state index in [0.29, 0.717) is 13.1 Å². The Morgan fingerprint density at radius 3 is 2.53 bits per heavy atom. The van der Waals surface area contributed by atoms with Crippen molar-refractivity contribution >= 4 is 16.0 Å². The van der Waals surface area contributed by atoms with Crippen LogP contribution in [0, 0.1) is 0 Å². The van der Waals surface area contributed by atoms with Crippen molar-refractivity contribution in [3.05, 3.63) is 18.0 Å². The number of nitrogens with zero attached hydrogens (tertiary/aromatic N) is 2. The Morgan fingerprint density at radius 1 is 1.37 bits per heavy atom. The highest BCUT2D eigenvalue weighted by Crippen LogP contribution is 2.11. The Morgan fingerprint density at radius 2 is 2.00 bits per heavy atom. The fraction of sp³-hybridized carbons (Fsp3) is 0.500. The first-order valence-corrected chi connectivity index (χ1v) is 7.24. The number of aromatic carboxylic acids is 1. The van der Waals surface area contributed by atoms with Gasteiger partial charge in [0.1, 0.15) is 10.6 Å². The summed E-state index contributed by atoms with van der Waals surface area (Å²) in [7, 11) is -1.76. The van der Waals surface area contributed by atoms with Crippen molar-refractivity contribution in [2.75, 3.05) is 33.2 Å². The molecule has 9 heteroatoms. The van der Waals surface area contributed by atoms with E-state index < -0.39 is 16.0 Å². The second-order valence-electron chi connectivity index (χ2n) is 4.44. The summed E-state index contributed by atoms with van der Waals surface area (Å²) in [6.07, 6.45) is 1.17. The van der Waals surface area contributed by atoms with Crippen molar-refractivity contribution in [3.63, 3.8) is 0 Å². The number of carboxylic acid groups (broad SMARTS) is 1. The van der Waals surface area contributed by atoms with Crippen LogP contribution in [0.5, 0.6) is 0 Å². The summed E-state index contributed by atoms with van der Waals surface area (Å²) in [6.45, 7) is 2.73. The molecule has 0 aromatic carbocycles. The predicted octanol–water partition coefficient (Wildman–Crippen LogP) is -0.846. The number of aromatic nitrogens is 1. The van der Waals surface area contributed by atoms with E-state index in [-0.39, 0.29) is 10.6 Å². The van der Waals surface area contributed by atoms with E-state index in [2.05, 4.69) is 14.7 Å². The zero-order chi connectivity index (χ0) is 14.0. The van der Waals surface area contributed by atoms with Crippen LogP contribution < -0.4 is 4.83 Å². The van der Waals surface area contributed by atoms with Crippen molar-refractivity contribution in [1.82, 2.24) is 19.7 Å². The van der Waals surface area contributed by atoms with Crippen LogP contribution in [-0.4, -0.2) is 67.6 Å². The molecule has 0 saturated carbocycles. The topological polar surface area (TPSA) is 106 Å². The summed E-state index contributed by atoms with van der Waals surface area (Å²) >= 11 is 0. The van der Waals surface area contributed by atoms with Crippen molar-refractivity contribution in [3.8, 4) is 0 Å². The van der Waals surface area contributed by atoms with Gasteiger partial charge in [0.05, 0.1) is 0 Å². The average Bonchev–Trinajstić information content (AvgIpc) is 2.82. The van der Waals surface area contributed by atoms with Gasteiger partial charge in [-0.05, 0) is 13.1 Å². The molecule has 1 fully saturated rings. The summed E-state index contributed by atoms with van der Waals surface area (Å²) in [4.78, 5) is 17.6. The van der Waals surface area contributed by atoms with E-state index in [1.165, 1.54) is 6.20 Å². The van der Waals surface area contributed by atoms with Crippen molar-refractivity contribution in [2.45, 2.75) is 4.90 Å². The van der Waals surface area contributed by atoms with E-state index in [9.17, 15) is 13.2 Å². The molecule has 2 heterocycles. The van der Waals surface area contributed by atoms with Crippen molar-refractivity contribution < 1.29 is 18.3 Å². The van der Waals surface area contributed by atoms with Gasteiger partial charge in [0.2, 0.25) is 0 Å². The van der Waals surface area contributed by atoms with Gasteiger partial charge >= 0.3 is 5.97 Å². The number of rotatable bonds is 4. The molecule has 1 aromatic rings.